The van der Waals surface area contributed by atoms with Crippen molar-refractivity contribution in [3.8, 4) is 0 Å². The maximum Gasteiger partial charge on any atom is 0.106 e. The second-order valence-corrected chi connectivity index (χ2v) is 4.19. The largest absolute Gasteiger partial charge is 0.379 e. The molecule has 0 N–H and O–H groups in total. The lowest BCUT2D eigenvalue weighted by atomic mass is 10.2. The molecule has 2 heterocycles. The van der Waals surface area contributed by atoms with Crippen molar-refractivity contribution in [2.75, 3.05) is 26.3 Å². The number of pyridine rings is 1. The topological polar surface area (TPSA) is 25.4 Å². The summed E-state index contributed by atoms with van der Waals surface area (Å²) < 4.78 is 6.20. The van der Waals surface area contributed by atoms with Crippen LogP contribution in [0.3, 0.4) is 0 Å². The molecule has 0 bridgehead atoms. The first-order valence-electron chi connectivity index (χ1n) is 4.75. The van der Waals surface area contributed by atoms with Crippen LogP contribution in [0, 0.1) is 0 Å². The van der Waals surface area contributed by atoms with Crippen LogP contribution >= 0.6 is 15.9 Å². The van der Waals surface area contributed by atoms with E-state index in [4.69, 9.17) is 4.74 Å². The van der Waals surface area contributed by atoms with Crippen LogP contribution in [0.25, 0.3) is 0 Å². The van der Waals surface area contributed by atoms with Gasteiger partial charge in [-0.3, -0.25) is 4.90 Å². The van der Waals surface area contributed by atoms with Gasteiger partial charge in [-0.25, -0.2) is 4.98 Å². The molecule has 0 aliphatic carbocycles. The highest BCUT2D eigenvalue weighted by Gasteiger charge is 2.10. The molecule has 1 aliphatic rings. The summed E-state index contributed by atoms with van der Waals surface area (Å²) in [6.07, 6.45) is 1.83. The van der Waals surface area contributed by atoms with Gasteiger partial charge in [-0.15, -0.1) is 0 Å². The number of morpholine rings is 1. The van der Waals surface area contributed by atoms with Crippen molar-refractivity contribution in [1.29, 1.82) is 0 Å². The van der Waals surface area contributed by atoms with E-state index < -0.39 is 0 Å². The minimum Gasteiger partial charge on any atom is -0.379 e. The summed E-state index contributed by atoms with van der Waals surface area (Å²) in [6, 6.07) is 4.12. The first kappa shape index (κ1) is 10.1. The number of hydrogen-bond donors (Lipinski definition) is 0. The summed E-state index contributed by atoms with van der Waals surface area (Å²) in [6.45, 7) is 4.75. The smallest absolute Gasteiger partial charge is 0.106 e. The van der Waals surface area contributed by atoms with Crippen LogP contribution in [0.1, 0.15) is 5.56 Å². The Morgan fingerprint density at radius 3 is 2.93 bits per heavy atom. The average molecular weight is 257 g/mol. The quantitative estimate of drug-likeness (QED) is 0.754. The van der Waals surface area contributed by atoms with Crippen LogP contribution in [0.4, 0.5) is 0 Å². The van der Waals surface area contributed by atoms with Crippen molar-refractivity contribution >= 4 is 15.9 Å². The minimum absolute atomic E-state index is 0.853. The number of rotatable bonds is 2. The van der Waals surface area contributed by atoms with E-state index in [-0.39, 0.29) is 0 Å². The Kier molecular flexibility index (Phi) is 3.50. The van der Waals surface area contributed by atoms with Crippen molar-refractivity contribution < 1.29 is 4.74 Å². The molecule has 1 fully saturated rings. The zero-order valence-corrected chi connectivity index (χ0v) is 9.53. The van der Waals surface area contributed by atoms with Crippen molar-refractivity contribution in [3.63, 3.8) is 0 Å². The van der Waals surface area contributed by atoms with Gasteiger partial charge in [0.15, 0.2) is 0 Å². The molecule has 2 rings (SSSR count). The second-order valence-electron chi connectivity index (χ2n) is 3.38. The van der Waals surface area contributed by atoms with Crippen LogP contribution < -0.4 is 0 Å². The van der Waals surface area contributed by atoms with Gasteiger partial charge in [-0.2, -0.15) is 0 Å². The molecular weight excluding hydrogens is 244 g/mol. The summed E-state index contributed by atoms with van der Waals surface area (Å²) in [5.74, 6) is 0. The van der Waals surface area contributed by atoms with Crippen LogP contribution in [-0.4, -0.2) is 36.2 Å². The van der Waals surface area contributed by atoms with Gasteiger partial charge < -0.3 is 4.74 Å². The highest BCUT2D eigenvalue weighted by molar-refractivity contribution is 9.10. The lowest BCUT2D eigenvalue weighted by Crippen LogP contribution is -2.35. The summed E-state index contributed by atoms with van der Waals surface area (Å²) in [7, 11) is 0. The lowest BCUT2D eigenvalue weighted by molar-refractivity contribution is 0.0342. The predicted octanol–water partition coefficient (Wildman–Crippen LogP) is 1.68. The van der Waals surface area contributed by atoms with E-state index in [2.05, 4.69) is 37.9 Å². The van der Waals surface area contributed by atoms with Gasteiger partial charge in [0.2, 0.25) is 0 Å². The van der Waals surface area contributed by atoms with E-state index in [9.17, 15) is 0 Å². The highest BCUT2D eigenvalue weighted by Crippen LogP contribution is 2.11. The van der Waals surface area contributed by atoms with Gasteiger partial charge in [-0.05, 0) is 33.6 Å². The van der Waals surface area contributed by atoms with E-state index >= 15 is 0 Å². The molecule has 0 saturated carbocycles. The third-order valence-electron chi connectivity index (χ3n) is 2.30. The highest BCUT2D eigenvalue weighted by atomic mass is 79.9. The molecule has 0 radical (unpaired) electrons. The molecular formula is C10H13BrN2O. The fourth-order valence-electron chi connectivity index (χ4n) is 1.56. The molecule has 4 heteroatoms. The first-order valence-corrected chi connectivity index (χ1v) is 5.54. The van der Waals surface area contributed by atoms with Gasteiger partial charge >= 0.3 is 0 Å². The lowest BCUT2D eigenvalue weighted by Gasteiger charge is -2.26. The standard InChI is InChI=1S/C10H13BrN2O/c11-10-7-9(1-2-12-10)8-13-3-5-14-6-4-13/h1-2,7H,3-6,8H2. The van der Waals surface area contributed by atoms with Crippen molar-refractivity contribution in [3.05, 3.63) is 28.5 Å². The van der Waals surface area contributed by atoms with E-state index in [1.165, 1.54) is 5.56 Å². The molecule has 0 aromatic carbocycles. The fourth-order valence-corrected chi connectivity index (χ4v) is 1.97. The van der Waals surface area contributed by atoms with E-state index in [0.717, 1.165) is 37.5 Å². The van der Waals surface area contributed by atoms with Crippen LogP contribution in [0.2, 0.25) is 0 Å². The molecule has 0 unspecified atom stereocenters. The van der Waals surface area contributed by atoms with Gasteiger partial charge in [0, 0.05) is 25.8 Å². The molecule has 3 nitrogen and oxygen atoms in total. The number of ether oxygens (including phenoxy) is 1. The monoisotopic (exact) mass is 256 g/mol. The third kappa shape index (κ3) is 2.77. The predicted molar refractivity (Wildman–Crippen MR) is 58.0 cm³/mol. The number of halogens is 1. The number of hydrogen-bond acceptors (Lipinski definition) is 3. The molecule has 0 amide bonds. The Morgan fingerprint density at radius 2 is 2.21 bits per heavy atom. The molecule has 1 aromatic heterocycles. The minimum atomic E-state index is 0.853. The van der Waals surface area contributed by atoms with Crippen LogP contribution in [0.15, 0.2) is 22.9 Å². The zero-order valence-electron chi connectivity index (χ0n) is 7.95. The maximum absolute atomic E-state index is 5.30. The summed E-state index contributed by atoms with van der Waals surface area (Å²) in [5, 5.41) is 0. The van der Waals surface area contributed by atoms with Crippen molar-refractivity contribution in [1.82, 2.24) is 9.88 Å². The normalized spacial score (nSPS) is 18.4. The Morgan fingerprint density at radius 1 is 1.43 bits per heavy atom. The second kappa shape index (κ2) is 4.87. The summed E-state index contributed by atoms with van der Waals surface area (Å²) in [4.78, 5) is 6.50. The van der Waals surface area contributed by atoms with E-state index in [1.807, 2.05) is 6.20 Å². The molecule has 1 saturated heterocycles. The van der Waals surface area contributed by atoms with Gasteiger partial charge in [0.05, 0.1) is 13.2 Å². The third-order valence-corrected chi connectivity index (χ3v) is 2.73. The van der Waals surface area contributed by atoms with Gasteiger partial charge in [-0.1, -0.05) is 0 Å². The zero-order chi connectivity index (χ0) is 9.80. The number of nitrogens with zero attached hydrogens (tertiary/aromatic N) is 2. The fraction of sp³-hybridized carbons (Fsp3) is 0.500. The Bertz CT molecular complexity index is 300. The molecule has 1 aromatic rings. The molecule has 0 spiro atoms. The van der Waals surface area contributed by atoms with Crippen LogP contribution in [0.5, 0.6) is 0 Å². The van der Waals surface area contributed by atoms with Gasteiger partial charge in [0.25, 0.3) is 0 Å². The van der Waals surface area contributed by atoms with Crippen molar-refractivity contribution in [2.45, 2.75) is 6.54 Å². The number of aromatic nitrogens is 1. The van der Waals surface area contributed by atoms with E-state index in [0.29, 0.717) is 0 Å². The van der Waals surface area contributed by atoms with Crippen molar-refractivity contribution in [2.24, 2.45) is 0 Å². The first-order chi connectivity index (χ1) is 6.84. The molecule has 1 aliphatic heterocycles. The summed E-state index contributed by atoms with van der Waals surface area (Å²) in [5.41, 5.74) is 1.30. The van der Waals surface area contributed by atoms with E-state index in [1.54, 1.807) is 0 Å². The maximum atomic E-state index is 5.30. The average Bonchev–Trinajstić information content (AvgIpc) is 2.19. The SMILES string of the molecule is Brc1cc(CN2CCOCC2)ccn1. The Labute approximate surface area is 92.2 Å². The Balaban J connectivity index is 1.95. The molecule has 76 valence electrons. The molecule has 0 atom stereocenters. The molecule has 14 heavy (non-hydrogen) atoms. The Hall–Kier alpha value is -0.450. The van der Waals surface area contributed by atoms with Crippen LogP contribution in [-0.2, 0) is 11.3 Å². The van der Waals surface area contributed by atoms with Gasteiger partial charge in [0.1, 0.15) is 4.60 Å². The summed E-state index contributed by atoms with van der Waals surface area (Å²) >= 11 is 3.37.